The Morgan fingerprint density at radius 1 is 1.24 bits per heavy atom. The average Bonchev–Trinajstić information content (AvgIpc) is 2.79. The van der Waals surface area contributed by atoms with Gasteiger partial charge in [-0.2, -0.15) is 5.10 Å². The van der Waals surface area contributed by atoms with Gasteiger partial charge in [0.25, 0.3) is 0 Å². The minimum absolute atomic E-state index is 0.715. The molecule has 5 heteroatoms. The molecule has 0 amide bonds. The third kappa shape index (κ3) is 1.69. The number of benzene rings is 1. The largest absolute Gasteiger partial charge is 0.383 e. The molecule has 3 rings (SSSR count). The molecular weight excluding hydrogens is 236 g/mol. The standard InChI is InChI=1S/C12H13ClN4/c1-16-6-10-11(7-16)15-17(12(10)14)9-4-2-8(13)3-5-9/h2-5H,6-7,14H2,1H3. The van der Waals surface area contributed by atoms with Gasteiger partial charge in [0.2, 0.25) is 0 Å². The van der Waals surface area contributed by atoms with E-state index in [9.17, 15) is 0 Å². The summed E-state index contributed by atoms with van der Waals surface area (Å²) in [6, 6.07) is 7.53. The van der Waals surface area contributed by atoms with Gasteiger partial charge in [0.1, 0.15) is 5.82 Å². The van der Waals surface area contributed by atoms with Crippen molar-refractivity contribution in [2.45, 2.75) is 13.1 Å². The highest BCUT2D eigenvalue weighted by molar-refractivity contribution is 6.30. The summed E-state index contributed by atoms with van der Waals surface area (Å²) >= 11 is 5.87. The van der Waals surface area contributed by atoms with E-state index in [0.717, 1.165) is 35.9 Å². The van der Waals surface area contributed by atoms with Crippen molar-refractivity contribution in [1.82, 2.24) is 14.7 Å². The van der Waals surface area contributed by atoms with Crippen molar-refractivity contribution in [3.05, 3.63) is 40.5 Å². The molecule has 0 unspecified atom stereocenters. The molecule has 1 aliphatic rings. The molecule has 2 aromatic rings. The SMILES string of the molecule is CN1Cc2nn(-c3ccc(Cl)cc3)c(N)c2C1. The van der Waals surface area contributed by atoms with Crippen molar-refractivity contribution in [2.75, 3.05) is 12.8 Å². The maximum absolute atomic E-state index is 6.13. The van der Waals surface area contributed by atoms with E-state index in [2.05, 4.69) is 17.0 Å². The number of nitrogens with zero attached hydrogens (tertiary/aromatic N) is 3. The Bertz CT molecular complexity index is 559. The van der Waals surface area contributed by atoms with Gasteiger partial charge >= 0.3 is 0 Å². The predicted octanol–water partition coefficient (Wildman–Crippen LogP) is 2.05. The van der Waals surface area contributed by atoms with Crippen LogP contribution in [0.4, 0.5) is 5.82 Å². The van der Waals surface area contributed by atoms with E-state index < -0.39 is 0 Å². The number of halogens is 1. The number of hydrogen-bond acceptors (Lipinski definition) is 3. The maximum Gasteiger partial charge on any atom is 0.132 e. The molecule has 0 spiro atoms. The van der Waals surface area contributed by atoms with E-state index in [4.69, 9.17) is 17.3 Å². The smallest absolute Gasteiger partial charge is 0.132 e. The predicted molar refractivity (Wildman–Crippen MR) is 68.2 cm³/mol. The summed E-state index contributed by atoms with van der Waals surface area (Å²) in [5, 5.41) is 5.26. The molecule has 0 radical (unpaired) electrons. The van der Waals surface area contributed by atoms with E-state index in [0.29, 0.717) is 5.02 Å². The van der Waals surface area contributed by atoms with E-state index in [1.54, 1.807) is 4.68 Å². The first-order chi connectivity index (χ1) is 8.15. The van der Waals surface area contributed by atoms with Crippen LogP contribution in [0.5, 0.6) is 0 Å². The summed E-state index contributed by atoms with van der Waals surface area (Å²) < 4.78 is 1.79. The molecular formula is C12H13ClN4. The maximum atomic E-state index is 6.13. The van der Waals surface area contributed by atoms with Crippen molar-refractivity contribution >= 4 is 17.4 Å². The lowest BCUT2D eigenvalue weighted by Crippen LogP contribution is -2.12. The van der Waals surface area contributed by atoms with Crippen LogP contribution in [0, 0.1) is 0 Å². The minimum atomic E-state index is 0.715. The first kappa shape index (κ1) is 10.6. The lowest BCUT2D eigenvalue weighted by Gasteiger charge is -2.09. The Balaban J connectivity index is 2.06. The molecule has 0 aliphatic carbocycles. The van der Waals surface area contributed by atoms with Gasteiger partial charge < -0.3 is 5.73 Å². The summed E-state index contributed by atoms with van der Waals surface area (Å²) in [5.74, 6) is 0.728. The van der Waals surface area contributed by atoms with Crippen molar-refractivity contribution < 1.29 is 0 Å². The van der Waals surface area contributed by atoms with E-state index >= 15 is 0 Å². The summed E-state index contributed by atoms with van der Waals surface area (Å²) in [6.45, 7) is 1.73. The van der Waals surface area contributed by atoms with Crippen LogP contribution in [0.15, 0.2) is 24.3 Å². The molecule has 2 heterocycles. The average molecular weight is 249 g/mol. The molecule has 88 valence electrons. The molecule has 0 atom stereocenters. The fraction of sp³-hybridized carbons (Fsp3) is 0.250. The molecule has 1 aromatic carbocycles. The molecule has 17 heavy (non-hydrogen) atoms. The fourth-order valence-electron chi connectivity index (χ4n) is 2.17. The molecule has 2 N–H and O–H groups in total. The number of anilines is 1. The van der Waals surface area contributed by atoms with E-state index in [1.807, 2.05) is 24.3 Å². The highest BCUT2D eigenvalue weighted by Gasteiger charge is 2.24. The zero-order valence-corrected chi connectivity index (χ0v) is 10.3. The van der Waals surface area contributed by atoms with Gasteiger partial charge in [-0.3, -0.25) is 4.90 Å². The number of nitrogens with two attached hydrogens (primary N) is 1. The molecule has 0 bridgehead atoms. The van der Waals surface area contributed by atoms with Gasteiger partial charge in [-0.25, -0.2) is 4.68 Å². The zero-order valence-electron chi connectivity index (χ0n) is 9.52. The Hall–Kier alpha value is -1.52. The first-order valence-electron chi connectivity index (χ1n) is 5.46. The lowest BCUT2D eigenvalue weighted by molar-refractivity contribution is 0.348. The summed E-state index contributed by atoms with van der Waals surface area (Å²) in [4.78, 5) is 2.19. The second-order valence-corrected chi connectivity index (χ2v) is 4.81. The summed E-state index contributed by atoms with van der Waals surface area (Å²) in [7, 11) is 2.06. The Morgan fingerprint density at radius 2 is 1.94 bits per heavy atom. The molecule has 1 aromatic heterocycles. The van der Waals surface area contributed by atoms with Crippen LogP contribution in [0.1, 0.15) is 11.3 Å². The van der Waals surface area contributed by atoms with Gasteiger partial charge in [0.05, 0.1) is 11.4 Å². The topological polar surface area (TPSA) is 47.1 Å². The van der Waals surface area contributed by atoms with Gasteiger partial charge in [-0.05, 0) is 31.3 Å². The van der Waals surface area contributed by atoms with Crippen LogP contribution in [0.25, 0.3) is 5.69 Å². The fourth-order valence-corrected chi connectivity index (χ4v) is 2.30. The quantitative estimate of drug-likeness (QED) is 0.840. The highest BCUT2D eigenvalue weighted by atomic mass is 35.5. The number of aromatic nitrogens is 2. The van der Waals surface area contributed by atoms with Crippen LogP contribution >= 0.6 is 11.6 Å². The molecule has 4 nitrogen and oxygen atoms in total. The van der Waals surface area contributed by atoms with E-state index in [-0.39, 0.29) is 0 Å². The van der Waals surface area contributed by atoms with Gasteiger partial charge in [0, 0.05) is 23.7 Å². The third-order valence-electron chi connectivity index (χ3n) is 3.03. The van der Waals surface area contributed by atoms with Crippen LogP contribution in [0.3, 0.4) is 0 Å². The summed E-state index contributed by atoms with van der Waals surface area (Å²) in [6.07, 6.45) is 0. The van der Waals surface area contributed by atoms with Crippen LogP contribution in [0.2, 0.25) is 5.02 Å². The van der Waals surface area contributed by atoms with Crippen LogP contribution < -0.4 is 5.73 Å². The van der Waals surface area contributed by atoms with Crippen molar-refractivity contribution in [2.24, 2.45) is 0 Å². The highest BCUT2D eigenvalue weighted by Crippen LogP contribution is 2.28. The lowest BCUT2D eigenvalue weighted by atomic mass is 10.3. The van der Waals surface area contributed by atoms with E-state index in [1.165, 1.54) is 0 Å². The number of nitrogen functional groups attached to an aromatic ring is 1. The van der Waals surface area contributed by atoms with Crippen molar-refractivity contribution in [1.29, 1.82) is 0 Å². The Kier molecular flexibility index (Phi) is 2.34. The minimum Gasteiger partial charge on any atom is -0.383 e. The van der Waals surface area contributed by atoms with Crippen molar-refractivity contribution in [3.8, 4) is 5.69 Å². The van der Waals surface area contributed by atoms with Gasteiger partial charge in [0.15, 0.2) is 0 Å². The summed E-state index contributed by atoms with van der Waals surface area (Å²) in [5.41, 5.74) is 9.29. The van der Waals surface area contributed by atoms with Crippen molar-refractivity contribution in [3.63, 3.8) is 0 Å². The van der Waals surface area contributed by atoms with Gasteiger partial charge in [-0.1, -0.05) is 11.6 Å². The third-order valence-corrected chi connectivity index (χ3v) is 3.28. The van der Waals surface area contributed by atoms with Crippen LogP contribution in [-0.4, -0.2) is 21.7 Å². The zero-order chi connectivity index (χ0) is 12.0. The first-order valence-corrected chi connectivity index (χ1v) is 5.83. The normalized spacial score (nSPS) is 15.2. The monoisotopic (exact) mass is 248 g/mol. The number of fused-ring (bicyclic) bond motifs is 1. The number of rotatable bonds is 1. The number of hydrogen-bond donors (Lipinski definition) is 1. The Morgan fingerprint density at radius 3 is 2.59 bits per heavy atom. The molecule has 0 saturated carbocycles. The van der Waals surface area contributed by atoms with Crippen LogP contribution in [-0.2, 0) is 13.1 Å². The Labute approximate surface area is 105 Å². The second kappa shape index (κ2) is 3.75. The molecule has 0 fully saturated rings. The van der Waals surface area contributed by atoms with Gasteiger partial charge in [-0.15, -0.1) is 0 Å². The molecule has 0 saturated heterocycles. The molecule has 1 aliphatic heterocycles. The second-order valence-electron chi connectivity index (χ2n) is 4.37.